The van der Waals surface area contributed by atoms with E-state index in [4.69, 9.17) is 4.74 Å². The van der Waals surface area contributed by atoms with Crippen molar-refractivity contribution in [3.8, 4) is 11.1 Å². The zero-order chi connectivity index (χ0) is 21.8. The molecule has 0 spiro atoms. The summed E-state index contributed by atoms with van der Waals surface area (Å²) in [5.74, 6) is -0.0500. The van der Waals surface area contributed by atoms with E-state index in [1.54, 1.807) is 12.3 Å². The molecule has 1 aromatic heterocycles. The summed E-state index contributed by atoms with van der Waals surface area (Å²) in [5, 5.41) is 2.97. The number of nitrogens with one attached hydrogen (secondary N) is 1. The number of hydrogen-bond acceptors (Lipinski definition) is 4. The van der Waals surface area contributed by atoms with Crippen LogP contribution in [0.2, 0.25) is 0 Å². The first-order chi connectivity index (χ1) is 14.2. The molecule has 0 bridgehead atoms. The van der Waals surface area contributed by atoms with Crippen molar-refractivity contribution in [2.75, 3.05) is 18.0 Å². The van der Waals surface area contributed by atoms with Crippen LogP contribution >= 0.6 is 0 Å². The standard InChI is InChI=1S/C24H32FN3O2/c1-15(2)8-23(29)27-12-20-10-21(28-13-17(4)30-18(5)14-28)11-22(25)24(20)19-6-7-26-16(3)9-19/h6-7,9-11,15,17-18H,8,12-14H2,1-5H3,(H,27,29). The maximum absolute atomic E-state index is 15.4. The molecule has 2 unspecified atom stereocenters. The molecule has 1 amide bonds. The van der Waals surface area contributed by atoms with Gasteiger partial charge in [-0.05, 0) is 62.1 Å². The van der Waals surface area contributed by atoms with Crippen LogP contribution in [-0.4, -0.2) is 36.2 Å². The van der Waals surface area contributed by atoms with Crippen molar-refractivity contribution in [3.63, 3.8) is 0 Å². The topological polar surface area (TPSA) is 54.5 Å². The maximum atomic E-state index is 15.4. The van der Waals surface area contributed by atoms with Gasteiger partial charge in [0.25, 0.3) is 0 Å². The smallest absolute Gasteiger partial charge is 0.220 e. The molecule has 1 aliphatic rings. The van der Waals surface area contributed by atoms with E-state index < -0.39 is 0 Å². The number of amides is 1. The molecule has 1 N–H and O–H groups in total. The number of pyridine rings is 1. The first-order valence-corrected chi connectivity index (χ1v) is 10.7. The Morgan fingerprint density at radius 3 is 2.60 bits per heavy atom. The minimum Gasteiger partial charge on any atom is -0.372 e. The Morgan fingerprint density at radius 1 is 1.27 bits per heavy atom. The van der Waals surface area contributed by atoms with Gasteiger partial charge in [0.15, 0.2) is 0 Å². The lowest BCUT2D eigenvalue weighted by Gasteiger charge is -2.37. The summed E-state index contributed by atoms with van der Waals surface area (Å²) in [7, 11) is 0. The highest BCUT2D eigenvalue weighted by atomic mass is 19.1. The van der Waals surface area contributed by atoms with Crippen molar-refractivity contribution < 1.29 is 13.9 Å². The molecule has 2 heterocycles. The van der Waals surface area contributed by atoms with E-state index in [1.165, 1.54) is 0 Å². The molecule has 0 radical (unpaired) electrons. The van der Waals surface area contributed by atoms with Crippen LogP contribution in [0.3, 0.4) is 0 Å². The monoisotopic (exact) mass is 413 g/mol. The molecule has 0 saturated carbocycles. The highest BCUT2D eigenvalue weighted by Crippen LogP contribution is 2.32. The van der Waals surface area contributed by atoms with Crippen molar-refractivity contribution in [3.05, 3.63) is 47.5 Å². The van der Waals surface area contributed by atoms with Crippen molar-refractivity contribution in [1.82, 2.24) is 10.3 Å². The van der Waals surface area contributed by atoms with Crippen molar-refractivity contribution in [2.24, 2.45) is 5.92 Å². The number of ether oxygens (including phenoxy) is 1. The third-order valence-corrected chi connectivity index (χ3v) is 5.20. The van der Waals surface area contributed by atoms with E-state index in [0.717, 1.165) is 22.5 Å². The van der Waals surface area contributed by atoms with Crippen LogP contribution in [0.25, 0.3) is 11.1 Å². The lowest BCUT2D eigenvalue weighted by Crippen LogP contribution is -2.45. The van der Waals surface area contributed by atoms with E-state index in [0.29, 0.717) is 25.1 Å². The molecule has 2 atom stereocenters. The van der Waals surface area contributed by atoms with E-state index in [2.05, 4.69) is 15.2 Å². The van der Waals surface area contributed by atoms with Crippen molar-refractivity contribution in [2.45, 2.75) is 59.8 Å². The van der Waals surface area contributed by atoms with Crippen LogP contribution in [0.15, 0.2) is 30.5 Å². The summed E-state index contributed by atoms with van der Waals surface area (Å²) in [6, 6.07) is 7.27. The zero-order valence-electron chi connectivity index (χ0n) is 18.5. The van der Waals surface area contributed by atoms with E-state index in [1.807, 2.05) is 52.8 Å². The van der Waals surface area contributed by atoms with Gasteiger partial charge in [-0.15, -0.1) is 0 Å². The van der Waals surface area contributed by atoms with Crippen molar-refractivity contribution in [1.29, 1.82) is 0 Å². The summed E-state index contributed by atoms with van der Waals surface area (Å²) in [4.78, 5) is 18.6. The number of carbonyl (C=O) groups excluding carboxylic acids is 1. The van der Waals surface area contributed by atoms with Crippen LogP contribution in [0.4, 0.5) is 10.1 Å². The van der Waals surface area contributed by atoms with Crippen LogP contribution in [0.5, 0.6) is 0 Å². The minimum atomic E-state index is -0.294. The summed E-state index contributed by atoms with van der Waals surface area (Å²) in [6.07, 6.45) is 2.29. The second-order valence-electron chi connectivity index (χ2n) is 8.68. The Labute approximate surface area is 178 Å². The van der Waals surface area contributed by atoms with Gasteiger partial charge in [-0.3, -0.25) is 9.78 Å². The number of hydrogen-bond donors (Lipinski definition) is 1. The number of nitrogens with zero attached hydrogens (tertiary/aromatic N) is 2. The number of benzene rings is 1. The lowest BCUT2D eigenvalue weighted by atomic mass is 9.97. The molecular formula is C24H32FN3O2. The third-order valence-electron chi connectivity index (χ3n) is 5.20. The number of aromatic nitrogens is 1. The van der Waals surface area contributed by atoms with Gasteiger partial charge in [-0.2, -0.15) is 0 Å². The molecule has 1 aromatic carbocycles. The molecule has 1 saturated heterocycles. The Hall–Kier alpha value is -2.47. The normalized spacial score (nSPS) is 19.2. The summed E-state index contributed by atoms with van der Waals surface area (Å²) in [5.41, 5.74) is 3.69. The number of rotatable bonds is 6. The molecule has 3 rings (SSSR count). The molecule has 6 heteroatoms. The van der Waals surface area contributed by atoms with Crippen LogP contribution in [0.1, 0.15) is 45.4 Å². The van der Waals surface area contributed by atoms with Crippen molar-refractivity contribution >= 4 is 11.6 Å². The fourth-order valence-corrected chi connectivity index (χ4v) is 4.02. The molecule has 162 valence electrons. The van der Waals surface area contributed by atoms with E-state index in [-0.39, 0.29) is 36.4 Å². The highest BCUT2D eigenvalue weighted by molar-refractivity contribution is 5.77. The van der Waals surface area contributed by atoms with E-state index >= 15 is 4.39 Å². The number of halogens is 1. The van der Waals surface area contributed by atoms with Gasteiger partial charge < -0.3 is 15.0 Å². The molecule has 5 nitrogen and oxygen atoms in total. The average Bonchev–Trinajstić information content (AvgIpc) is 2.64. The van der Waals surface area contributed by atoms with Gasteiger partial charge in [-0.25, -0.2) is 4.39 Å². The Balaban J connectivity index is 1.98. The predicted octanol–water partition coefficient (Wildman–Crippen LogP) is 4.47. The molecule has 1 fully saturated rings. The first kappa shape index (κ1) is 22.2. The molecule has 2 aromatic rings. The first-order valence-electron chi connectivity index (χ1n) is 10.7. The second-order valence-corrected chi connectivity index (χ2v) is 8.68. The number of anilines is 1. The van der Waals surface area contributed by atoms with Gasteiger partial charge in [0.1, 0.15) is 5.82 Å². The molecule has 1 aliphatic heterocycles. The largest absolute Gasteiger partial charge is 0.372 e. The fourth-order valence-electron chi connectivity index (χ4n) is 4.02. The van der Waals surface area contributed by atoms with Gasteiger partial charge >= 0.3 is 0 Å². The minimum absolute atomic E-state index is 0.0266. The molecule has 0 aliphatic carbocycles. The fraction of sp³-hybridized carbons (Fsp3) is 0.500. The second kappa shape index (κ2) is 9.56. The lowest BCUT2D eigenvalue weighted by molar-refractivity contribution is -0.121. The van der Waals surface area contributed by atoms with Gasteiger partial charge in [0.05, 0.1) is 12.2 Å². The average molecular weight is 414 g/mol. The maximum Gasteiger partial charge on any atom is 0.220 e. The molecule has 30 heavy (non-hydrogen) atoms. The SMILES string of the molecule is Cc1cc(-c2c(F)cc(N3CC(C)OC(C)C3)cc2CNC(=O)CC(C)C)ccn1. The van der Waals surface area contributed by atoms with E-state index in [9.17, 15) is 4.79 Å². The van der Waals surface area contributed by atoms with Gasteiger partial charge in [0, 0.05) is 49.2 Å². The summed E-state index contributed by atoms with van der Waals surface area (Å²) in [6.45, 7) is 11.6. The molecular weight excluding hydrogens is 381 g/mol. The zero-order valence-corrected chi connectivity index (χ0v) is 18.5. The predicted molar refractivity (Wildman–Crippen MR) is 118 cm³/mol. The van der Waals surface area contributed by atoms with Gasteiger partial charge in [0.2, 0.25) is 5.91 Å². The van der Waals surface area contributed by atoms with Crippen LogP contribution < -0.4 is 10.2 Å². The summed E-state index contributed by atoms with van der Waals surface area (Å²) >= 11 is 0. The number of carbonyl (C=O) groups is 1. The van der Waals surface area contributed by atoms with Crippen LogP contribution in [-0.2, 0) is 16.1 Å². The van der Waals surface area contributed by atoms with Gasteiger partial charge in [-0.1, -0.05) is 13.8 Å². The Bertz CT molecular complexity index is 890. The number of morpholine rings is 1. The Kier molecular flexibility index (Phi) is 7.08. The highest BCUT2D eigenvalue weighted by Gasteiger charge is 2.24. The number of aryl methyl sites for hydroxylation is 1. The Morgan fingerprint density at radius 2 is 1.97 bits per heavy atom. The van der Waals surface area contributed by atoms with Crippen LogP contribution in [0, 0.1) is 18.7 Å². The third kappa shape index (κ3) is 5.57. The summed E-state index contributed by atoms with van der Waals surface area (Å²) < 4.78 is 21.2. The quantitative estimate of drug-likeness (QED) is 0.759.